The third-order valence-corrected chi connectivity index (χ3v) is 5.25. The maximum Gasteiger partial charge on any atom is 0.293 e. The Balaban J connectivity index is 1.38. The van der Waals surface area contributed by atoms with Gasteiger partial charge < -0.3 is 19.9 Å². The molecule has 9 heteroatoms. The Hall–Kier alpha value is -3.46. The molecule has 2 aromatic carbocycles. The summed E-state index contributed by atoms with van der Waals surface area (Å²) < 4.78 is 10.6. The SMILES string of the molecule is O=C(NCCN1C(=O)SC(=Cc2ccc3c(c2)OCO3)C1=O)c1ccccc1O. The fourth-order valence-electron chi connectivity index (χ4n) is 2.89. The number of benzene rings is 2. The maximum atomic E-state index is 12.6. The highest BCUT2D eigenvalue weighted by atomic mass is 32.2. The number of carbonyl (C=O) groups excluding carboxylic acids is 3. The summed E-state index contributed by atoms with van der Waals surface area (Å²) >= 11 is 0.841. The number of nitrogens with one attached hydrogen (secondary N) is 1. The van der Waals surface area contributed by atoms with Gasteiger partial charge in [0, 0.05) is 13.1 Å². The number of fused-ring (bicyclic) bond motifs is 1. The second-order valence-corrected chi connectivity index (χ2v) is 7.21. The molecule has 2 aromatic rings. The standard InChI is InChI=1S/C20H16N2O6S/c23-14-4-2-1-3-13(14)18(24)21-7-8-22-19(25)17(29-20(22)26)10-12-5-6-15-16(9-12)28-11-27-15/h1-6,9-10,23H,7-8,11H2,(H,21,24). The van der Waals surface area contributed by atoms with E-state index in [1.165, 1.54) is 12.1 Å². The number of nitrogens with zero attached hydrogens (tertiary/aromatic N) is 1. The molecule has 1 saturated heterocycles. The highest BCUT2D eigenvalue weighted by Gasteiger charge is 2.34. The first-order valence-corrected chi connectivity index (χ1v) is 9.56. The van der Waals surface area contributed by atoms with Crippen molar-refractivity contribution in [3.05, 3.63) is 58.5 Å². The number of phenols is 1. The summed E-state index contributed by atoms with van der Waals surface area (Å²) in [5.74, 6) is 0.184. The molecule has 3 amide bonds. The van der Waals surface area contributed by atoms with Gasteiger partial charge in [0.15, 0.2) is 11.5 Å². The van der Waals surface area contributed by atoms with Gasteiger partial charge in [0.1, 0.15) is 5.75 Å². The predicted molar refractivity (Wildman–Crippen MR) is 106 cm³/mol. The summed E-state index contributed by atoms with van der Waals surface area (Å²) in [6.07, 6.45) is 1.62. The molecule has 0 bridgehead atoms. The van der Waals surface area contributed by atoms with Gasteiger partial charge >= 0.3 is 0 Å². The summed E-state index contributed by atoms with van der Waals surface area (Å²) in [6, 6.07) is 11.4. The molecule has 0 radical (unpaired) electrons. The molecule has 0 aliphatic carbocycles. The first kappa shape index (κ1) is 18.9. The first-order chi connectivity index (χ1) is 14.0. The van der Waals surface area contributed by atoms with E-state index in [0.29, 0.717) is 22.0 Å². The van der Waals surface area contributed by atoms with Crippen molar-refractivity contribution in [2.24, 2.45) is 0 Å². The van der Waals surface area contributed by atoms with Crippen LogP contribution in [0.4, 0.5) is 4.79 Å². The zero-order valence-electron chi connectivity index (χ0n) is 15.1. The predicted octanol–water partition coefficient (Wildman–Crippen LogP) is 2.59. The molecule has 0 atom stereocenters. The number of rotatable bonds is 5. The number of phenolic OH excluding ortho intramolecular Hbond substituents is 1. The fourth-order valence-corrected chi connectivity index (χ4v) is 3.75. The van der Waals surface area contributed by atoms with Gasteiger partial charge in [-0.1, -0.05) is 18.2 Å². The molecule has 2 heterocycles. The second kappa shape index (κ2) is 7.88. The summed E-state index contributed by atoms with van der Waals surface area (Å²) in [5.41, 5.74) is 0.844. The third kappa shape index (κ3) is 3.90. The topological polar surface area (TPSA) is 105 Å². The van der Waals surface area contributed by atoms with Crippen molar-refractivity contribution in [3.8, 4) is 17.2 Å². The van der Waals surface area contributed by atoms with Crippen molar-refractivity contribution < 1.29 is 29.0 Å². The molecule has 0 spiro atoms. The Kier molecular flexibility index (Phi) is 5.13. The zero-order chi connectivity index (χ0) is 20.4. The van der Waals surface area contributed by atoms with Gasteiger partial charge in [-0.15, -0.1) is 0 Å². The summed E-state index contributed by atoms with van der Waals surface area (Å²) in [6.45, 7) is 0.257. The minimum absolute atomic E-state index is 0.0302. The average Bonchev–Trinajstić information content (AvgIpc) is 3.27. The number of hydrogen-bond acceptors (Lipinski definition) is 7. The number of aromatic hydroxyl groups is 1. The number of para-hydroxylation sites is 1. The van der Waals surface area contributed by atoms with Gasteiger partial charge in [0.25, 0.3) is 17.1 Å². The summed E-state index contributed by atoms with van der Waals surface area (Å²) in [4.78, 5) is 38.2. The maximum absolute atomic E-state index is 12.6. The van der Waals surface area contributed by atoms with Gasteiger partial charge in [-0.2, -0.15) is 0 Å². The Morgan fingerprint density at radius 2 is 1.97 bits per heavy atom. The Bertz CT molecular complexity index is 1040. The van der Waals surface area contributed by atoms with E-state index in [1.54, 1.807) is 36.4 Å². The van der Waals surface area contributed by atoms with Crippen LogP contribution in [0.5, 0.6) is 17.2 Å². The quantitative estimate of drug-likeness (QED) is 0.727. The summed E-state index contributed by atoms with van der Waals surface area (Å²) in [5, 5.41) is 11.9. The van der Waals surface area contributed by atoms with Crippen molar-refractivity contribution in [2.75, 3.05) is 19.9 Å². The molecular weight excluding hydrogens is 396 g/mol. The van der Waals surface area contributed by atoms with Crippen LogP contribution in [-0.4, -0.2) is 46.9 Å². The Morgan fingerprint density at radius 1 is 1.17 bits per heavy atom. The minimum atomic E-state index is -0.481. The van der Waals surface area contributed by atoms with Crippen LogP contribution in [0.15, 0.2) is 47.4 Å². The van der Waals surface area contributed by atoms with E-state index in [2.05, 4.69) is 5.32 Å². The number of ether oxygens (including phenoxy) is 2. The van der Waals surface area contributed by atoms with E-state index >= 15 is 0 Å². The minimum Gasteiger partial charge on any atom is -0.507 e. The van der Waals surface area contributed by atoms with Gasteiger partial charge in [-0.05, 0) is 47.7 Å². The lowest BCUT2D eigenvalue weighted by atomic mass is 10.2. The zero-order valence-corrected chi connectivity index (χ0v) is 15.9. The molecule has 2 N–H and O–H groups in total. The van der Waals surface area contributed by atoms with Crippen LogP contribution in [0.1, 0.15) is 15.9 Å². The molecule has 4 rings (SSSR count). The highest BCUT2D eigenvalue weighted by Crippen LogP contribution is 2.36. The van der Waals surface area contributed by atoms with Gasteiger partial charge in [0.05, 0.1) is 10.5 Å². The molecule has 0 aromatic heterocycles. The Labute approximate surface area is 170 Å². The highest BCUT2D eigenvalue weighted by molar-refractivity contribution is 8.18. The van der Waals surface area contributed by atoms with E-state index in [-0.39, 0.29) is 31.2 Å². The van der Waals surface area contributed by atoms with Crippen LogP contribution in [0, 0.1) is 0 Å². The molecular formula is C20H16N2O6S. The lowest BCUT2D eigenvalue weighted by Gasteiger charge is -2.13. The normalized spacial score (nSPS) is 16.6. The van der Waals surface area contributed by atoms with Crippen LogP contribution < -0.4 is 14.8 Å². The lowest BCUT2D eigenvalue weighted by Crippen LogP contribution is -2.37. The fraction of sp³-hybridized carbons (Fsp3) is 0.150. The van der Waals surface area contributed by atoms with Crippen LogP contribution in [-0.2, 0) is 4.79 Å². The molecule has 148 valence electrons. The van der Waals surface area contributed by atoms with E-state index in [4.69, 9.17) is 9.47 Å². The molecule has 0 unspecified atom stereocenters. The molecule has 0 saturated carbocycles. The molecule has 1 fully saturated rings. The lowest BCUT2D eigenvalue weighted by molar-refractivity contribution is -0.122. The van der Waals surface area contributed by atoms with Crippen molar-refractivity contribution in [3.63, 3.8) is 0 Å². The largest absolute Gasteiger partial charge is 0.507 e. The Morgan fingerprint density at radius 3 is 2.79 bits per heavy atom. The van der Waals surface area contributed by atoms with Crippen molar-refractivity contribution in [1.29, 1.82) is 0 Å². The van der Waals surface area contributed by atoms with E-state index in [0.717, 1.165) is 16.7 Å². The van der Waals surface area contributed by atoms with Crippen LogP contribution >= 0.6 is 11.8 Å². The average molecular weight is 412 g/mol. The molecule has 2 aliphatic heterocycles. The smallest absolute Gasteiger partial charge is 0.293 e. The number of carbonyl (C=O) groups is 3. The molecule has 29 heavy (non-hydrogen) atoms. The van der Waals surface area contributed by atoms with E-state index in [9.17, 15) is 19.5 Å². The van der Waals surface area contributed by atoms with Gasteiger partial charge in [0.2, 0.25) is 6.79 Å². The van der Waals surface area contributed by atoms with Crippen molar-refractivity contribution in [1.82, 2.24) is 10.2 Å². The van der Waals surface area contributed by atoms with Crippen LogP contribution in [0.3, 0.4) is 0 Å². The molecule has 2 aliphatic rings. The van der Waals surface area contributed by atoms with E-state index < -0.39 is 17.1 Å². The van der Waals surface area contributed by atoms with Crippen LogP contribution in [0.25, 0.3) is 6.08 Å². The first-order valence-electron chi connectivity index (χ1n) is 8.74. The van der Waals surface area contributed by atoms with Gasteiger partial charge in [-0.25, -0.2) is 0 Å². The number of thioether (sulfide) groups is 1. The van der Waals surface area contributed by atoms with Crippen molar-refractivity contribution in [2.45, 2.75) is 0 Å². The van der Waals surface area contributed by atoms with E-state index in [1.807, 2.05) is 0 Å². The summed E-state index contributed by atoms with van der Waals surface area (Å²) in [7, 11) is 0. The third-order valence-electron chi connectivity index (χ3n) is 4.34. The van der Waals surface area contributed by atoms with Crippen LogP contribution in [0.2, 0.25) is 0 Å². The molecule has 8 nitrogen and oxygen atoms in total. The number of imide groups is 1. The number of amides is 3. The number of hydrogen-bond donors (Lipinski definition) is 2. The monoisotopic (exact) mass is 412 g/mol. The van der Waals surface area contributed by atoms with Crippen molar-refractivity contribution >= 4 is 34.9 Å². The van der Waals surface area contributed by atoms with Gasteiger partial charge in [-0.3, -0.25) is 19.3 Å². The second-order valence-electron chi connectivity index (χ2n) is 6.22.